The fourth-order valence-corrected chi connectivity index (χ4v) is 3.59. The van der Waals surface area contributed by atoms with Crippen LogP contribution in [0.1, 0.15) is 42.5 Å². The molecule has 22 heavy (non-hydrogen) atoms. The number of nitrogens with zero attached hydrogens (tertiary/aromatic N) is 1. The minimum atomic E-state index is -4.30. The highest BCUT2D eigenvalue weighted by molar-refractivity contribution is 7.12. The van der Waals surface area contributed by atoms with Crippen LogP contribution >= 0.6 is 11.3 Å². The van der Waals surface area contributed by atoms with Crippen molar-refractivity contribution in [2.75, 3.05) is 7.05 Å². The van der Waals surface area contributed by atoms with Gasteiger partial charge in [-0.2, -0.15) is 13.2 Å². The van der Waals surface area contributed by atoms with Gasteiger partial charge in [0.05, 0.1) is 0 Å². The summed E-state index contributed by atoms with van der Waals surface area (Å²) < 4.78 is 43.6. The number of amides is 1. The summed E-state index contributed by atoms with van der Waals surface area (Å²) in [6, 6.07) is 1.12. The van der Waals surface area contributed by atoms with Gasteiger partial charge in [0.1, 0.15) is 10.5 Å². The Morgan fingerprint density at radius 2 is 2.00 bits per heavy atom. The topological polar surface area (TPSA) is 29.5 Å². The predicted octanol–water partition coefficient (Wildman–Crippen LogP) is 4.49. The van der Waals surface area contributed by atoms with E-state index in [9.17, 15) is 18.0 Å². The number of rotatable bonds is 1. The lowest BCUT2D eigenvalue weighted by Gasteiger charge is -2.32. The maximum Gasteiger partial charge on any atom is 0.425 e. The first-order valence-corrected chi connectivity index (χ1v) is 7.93. The predicted molar refractivity (Wildman–Crippen MR) is 79.1 cm³/mol. The van der Waals surface area contributed by atoms with Gasteiger partial charge in [-0.05, 0) is 45.2 Å². The quantitative estimate of drug-likeness (QED) is 0.757. The average molecular weight is 335 g/mol. The Bertz CT molecular complexity index is 560. The highest BCUT2D eigenvalue weighted by Crippen LogP contribution is 2.39. The standard InChI is InChI=1S/C15H20F3NO2S/c1-14(2,3)21-13(20)19(4)10-6-5-9-7-12(15(16,17)18)22-11(9)8-10/h7,10H,5-6,8H2,1-4H3/t10-/m1/s1. The zero-order chi connectivity index (χ0) is 16.7. The van der Waals surface area contributed by atoms with E-state index in [1.54, 1.807) is 27.8 Å². The van der Waals surface area contributed by atoms with Crippen LogP contribution in [0.15, 0.2) is 6.07 Å². The van der Waals surface area contributed by atoms with Crippen LogP contribution in [-0.2, 0) is 23.8 Å². The summed E-state index contributed by atoms with van der Waals surface area (Å²) in [4.78, 5) is 13.7. The maximum atomic E-state index is 12.8. The van der Waals surface area contributed by atoms with Crippen LogP contribution in [0.2, 0.25) is 0 Å². The minimum absolute atomic E-state index is 0.123. The first-order chi connectivity index (χ1) is 9.97. The van der Waals surface area contributed by atoms with Gasteiger partial charge in [0.15, 0.2) is 0 Å². The average Bonchev–Trinajstić information content (AvgIpc) is 2.78. The molecule has 3 nitrogen and oxygen atoms in total. The molecule has 0 N–H and O–H groups in total. The first-order valence-electron chi connectivity index (χ1n) is 7.12. The van der Waals surface area contributed by atoms with Crippen LogP contribution in [0.3, 0.4) is 0 Å². The van der Waals surface area contributed by atoms with Crippen LogP contribution in [0.4, 0.5) is 18.0 Å². The molecule has 1 aliphatic rings. The molecule has 7 heteroatoms. The van der Waals surface area contributed by atoms with Crippen molar-refractivity contribution in [1.82, 2.24) is 4.90 Å². The van der Waals surface area contributed by atoms with E-state index in [2.05, 4.69) is 0 Å². The summed E-state index contributed by atoms with van der Waals surface area (Å²) in [7, 11) is 1.64. The number of carbonyl (C=O) groups excluding carboxylic acids is 1. The molecule has 0 spiro atoms. The number of likely N-dealkylation sites (N-methyl/N-ethyl adjacent to an activating group) is 1. The van der Waals surface area contributed by atoms with E-state index in [1.807, 2.05) is 0 Å². The van der Waals surface area contributed by atoms with Crippen LogP contribution in [0.25, 0.3) is 0 Å². The van der Waals surface area contributed by atoms with Crippen LogP contribution in [-0.4, -0.2) is 29.7 Å². The third-order valence-electron chi connectivity index (χ3n) is 3.57. The van der Waals surface area contributed by atoms with Crippen molar-refractivity contribution in [3.05, 3.63) is 21.4 Å². The van der Waals surface area contributed by atoms with Gasteiger partial charge in [-0.1, -0.05) is 0 Å². The second kappa shape index (κ2) is 5.76. The second-order valence-corrected chi connectivity index (χ2v) is 7.68. The lowest BCUT2D eigenvalue weighted by molar-refractivity contribution is -0.134. The van der Waals surface area contributed by atoms with Crippen molar-refractivity contribution in [1.29, 1.82) is 0 Å². The van der Waals surface area contributed by atoms with E-state index >= 15 is 0 Å². The second-order valence-electron chi connectivity index (χ2n) is 6.54. The highest BCUT2D eigenvalue weighted by atomic mass is 32.1. The molecule has 2 rings (SSSR count). The van der Waals surface area contributed by atoms with Crippen molar-refractivity contribution in [3.63, 3.8) is 0 Å². The largest absolute Gasteiger partial charge is 0.444 e. The van der Waals surface area contributed by atoms with Crippen molar-refractivity contribution in [3.8, 4) is 0 Å². The molecule has 0 unspecified atom stereocenters. The number of fused-ring (bicyclic) bond motifs is 1. The van der Waals surface area contributed by atoms with Gasteiger partial charge in [-0.25, -0.2) is 4.79 Å². The lowest BCUT2D eigenvalue weighted by atomic mass is 9.94. The van der Waals surface area contributed by atoms with Gasteiger partial charge in [0, 0.05) is 24.4 Å². The molecule has 0 saturated heterocycles. The van der Waals surface area contributed by atoms with Gasteiger partial charge >= 0.3 is 12.3 Å². The van der Waals surface area contributed by atoms with Crippen molar-refractivity contribution < 1.29 is 22.7 Å². The molecule has 1 aromatic rings. The minimum Gasteiger partial charge on any atom is -0.444 e. The number of halogens is 3. The normalized spacial score (nSPS) is 18.8. The van der Waals surface area contributed by atoms with E-state index in [4.69, 9.17) is 4.74 Å². The Hall–Kier alpha value is -1.24. The zero-order valence-corrected chi connectivity index (χ0v) is 13.9. The molecule has 124 valence electrons. The molecule has 1 amide bonds. The number of aryl methyl sites for hydroxylation is 1. The summed E-state index contributed by atoms with van der Waals surface area (Å²) >= 11 is 0.785. The molecule has 0 radical (unpaired) electrons. The Balaban J connectivity index is 2.08. The Morgan fingerprint density at radius 3 is 2.55 bits per heavy atom. The van der Waals surface area contributed by atoms with Crippen molar-refractivity contribution >= 4 is 17.4 Å². The van der Waals surface area contributed by atoms with E-state index in [0.717, 1.165) is 21.8 Å². The van der Waals surface area contributed by atoms with E-state index < -0.39 is 22.7 Å². The maximum absolute atomic E-state index is 12.8. The molecule has 1 heterocycles. The summed E-state index contributed by atoms with van der Waals surface area (Å²) in [6.07, 6.45) is -3.08. The molecule has 1 atom stereocenters. The van der Waals surface area contributed by atoms with Crippen LogP contribution in [0, 0.1) is 0 Å². The lowest BCUT2D eigenvalue weighted by Crippen LogP contribution is -2.43. The number of carbonyl (C=O) groups is 1. The van der Waals surface area contributed by atoms with Gasteiger partial charge in [0.25, 0.3) is 0 Å². The number of hydrogen-bond donors (Lipinski definition) is 0. The molecule has 0 bridgehead atoms. The molecule has 0 aliphatic heterocycles. The Morgan fingerprint density at radius 1 is 1.36 bits per heavy atom. The monoisotopic (exact) mass is 335 g/mol. The molecule has 1 aromatic heterocycles. The summed E-state index contributed by atoms with van der Waals surface area (Å²) in [6.45, 7) is 5.35. The fourth-order valence-electron chi connectivity index (χ4n) is 2.44. The molecule has 0 saturated carbocycles. The smallest absolute Gasteiger partial charge is 0.425 e. The molecule has 1 aliphatic carbocycles. The molecular weight excluding hydrogens is 315 g/mol. The first kappa shape index (κ1) is 17.1. The SMILES string of the molecule is CN(C(=O)OC(C)(C)C)[C@@H]1CCc2cc(C(F)(F)F)sc2C1. The van der Waals surface area contributed by atoms with Crippen LogP contribution < -0.4 is 0 Å². The molecule has 0 aromatic carbocycles. The highest BCUT2D eigenvalue weighted by Gasteiger charge is 2.36. The number of thiophene rings is 1. The summed E-state index contributed by atoms with van der Waals surface area (Å²) in [5.74, 6) is 0. The number of hydrogen-bond acceptors (Lipinski definition) is 3. The van der Waals surface area contributed by atoms with E-state index in [1.165, 1.54) is 11.0 Å². The molecule has 0 fully saturated rings. The Labute approximate surface area is 132 Å². The zero-order valence-electron chi connectivity index (χ0n) is 13.1. The van der Waals surface area contributed by atoms with Crippen molar-refractivity contribution in [2.45, 2.75) is 57.9 Å². The van der Waals surface area contributed by atoms with E-state index in [-0.39, 0.29) is 6.04 Å². The number of ether oxygens (including phenoxy) is 1. The fraction of sp³-hybridized carbons (Fsp3) is 0.667. The summed E-state index contributed by atoms with van der Waals surface area (Å²) in [5, 5.41) is 0. The van der Waals surface area contributed by atoms with Gasteiger partial charge < -0.3 is 9.64 Å². The molecular formula is C15H20F3NO2S. The van der Waals surface area contributed by atoms with Gasteiger partial charge in [0.2, 0.25) is 0 Å². The van der Waals surface area contributed by atoms with Crippen molar-refractivity contribution in [2.24, 2.45) is 0 Å². The van der Waals surface area contributed by atoms with Gasteiger partial charge in [-0.15, -0.1) is 11.3 Å². The van der Waals surface area contributed by atoms with Gasteiger partial charge in [-0.3, -0.25) is 0 Å². The number of alkyl halides is 3. The third-order valence-corrected chi connectivity index (χ3v) is 4.82. The van der Waals surface area contributed by atoms with E-state index in [0.29, 0.717) is 19.3 Å². The third kappa shape index (κ3) is 3.94. The van der Waals surface area contributed by atoms with Crippen LogP contribution in [0.5, 0.6) is 0 Å². The summed E-state index contributed by atoms with van der Waals surface area (Å²) in [5.41, 5.74) is 0.170. The Kier molecular flexibility index (Phi) is 4.48.